The fraction of sp³-hybridized carbons (Fsp3) is 0.273. The van der Waals surface area contributed by atoms with Gasteiger partial charge in [-0.3, -0.25) is 19.5 Å². The van der Waals surface area contributed by atoms with Crippen molar-refractivity contribution in [1.29, 1.82) is 0 Å². The summed E-state index contributed by atoms with van der Waals surface area (Å²) in [5, 5.41) is 20.3. The van der Waals surface area contributed by atoms with Gasteiger partial charge in [-0.15, -0.1) is 10.2 Å². The van der Waals surface area contributed by atoms with E-state index in [2.05, 4.69) is 10.2 Å². The Hall–Kier alpha value is -3.24. The molecule has 0 spiro atoms. The Kier molecular flexibility index (Phi) is 6.48. The summed E-state index contributed by atoms with van der Waals surface area (Å²) in [6.45, 7) is 6.44. The van der Waals surface area contributed by atoms with Gasteiger partial charge in [-0.05, 0) is 43.2 Å². The normalized spacial score (nSPS) is 12.4. The molecule has 11 heteroatoms. The summed E-state index contributed by atoms with van der Waals surface area (Å²) in [5.41, 5.74) is 0.974. The molecule has 0 radical (unpaired) electrons. The quantitative estimate of drug-likeness (QED) is 0.145. The molecule has 1 unspecified atom stereocenters. The summed E-state index contributed by atoms with van der Waals surface area (Å²) >= 11 is 7.43. The maximum atomic E-state index is 13.2. The standard InChI is InChI=1S/C22H20ClN5O4S/c1-12(2)11-27-21(29)17-10-15(23)6-9-18(17)24-22(27)33-13(3)19-25-26-20(32-19)14-4-7-16(8-5-14)28(30)31/h4-10,12-13H,11H2,1-3H3. The summed E-state index contributed by atoms with van der Waals surface area (Å²) < 4.78 is 7.46. The second-order valence-electron chi connectivity index (χ2n) is 7.87. The van der Waals surface area contributed by atoms with Gasteiger partial charge in [0.05, 0.1) is 21.1 Å². The van der Waals surface area contributed by atoms with Crippen LogP contribution in [0, 0.1) is 16.0 Å². The Morgan fingerprint density at radius 2 is 1.88 bits per heavy atom. The molecular weight excluding hydrogens is 466 g/mol. The molecule has 0 bridgehead atoms. The van der Waals surface area contributed by atoms with Crippen LogP contribution in [0.4, 0.5) is 5.69 Å². The highest BCUT2D eigenvalue weighted by Gasteiger charge is 2.21. The molecule has 0 aliphatic heterocycles. The van der Waals surface area contributed by atoms with Crippen molar-refractivity contribution < 1.29 is 9.34 Å². The number of rotatable bonds is 7. The smallest absolute Gasteiger partial charge is 0.269 e. The highest BCUT2D eigenvalue weighted by Crippen LogP contribution is 2.35. The van der Waals surface area contributed by atoms with Gasteiger partial charge in [0.25, 0.3) is 11.2 Å². The van der Waals surface area contributed by atoms with Crippen LogP contribution in [0.2, 0.25) is 5.02 Å². The van der Waals surface area contributed by atoms with E-state index < -0.39 is 4.92 Å². The first kappa shape index (κ1) is 22.9. The average Bonchev–Trinajstić information content (AvgIpc) is 3.27. The van der Waals surface area contributed by atoms with Gasteiger partial charge >= 0.3 is 0 Å². The summed E-state index contributed by atoms with van der Waals surface area (Å²) in [4.78, 5) is 28.2. The summed E-state index contributed by atoms with van der Waals surface area (Å²) in [6.07, 6.45) is 0. The fourth-order valence-electron chi connectivity index (χ4n) is 3.24. The van der Waals surface area contributed by atoms with Crippen LogP contribution < -0.4 is 5.56 Å². The minimum absolute atomic E-state index is 0.0193. The van der Waals surface area contributed by atoms with Gasteiger partial charge in [0.15, 0.2) is 5.16 Å². The van der Waals surface area contributed by atoms with Crippen LogP contribution in [0.5, 0.6) is 0 Å². The molecule has 4 rings (SSSR count). The Morgan fingerprint density at radius 3 is 2.55 bits per heavy atom. The molecule has 2 heterocycles. The van der Waals surface area contributed by atoms with Crippen LogP contribution in [0.25, 0.3) is 22.4 Å². The predicted molar refractivity (Wildman–Crippen MR) is 127 cm³/mol. The predicted octanol–water partition coefficient (Wildman–Crippen LogP) is 5.52. The number of benzene rings is 2. The van der Waals surface area contributed by atoms with Crippen molar-refractivity contribution in [2.24, 2.45) is 5.92 Å². The maximum absolute atomic E-state index is 13.2. The average molecular weight is 486 g/mol. The van der Waals surface area contributed by atoms with Crippen LogP contribution in [-0.4, -0.2) is 24.7 Å². The molecule has 0 fully saturated rings. The van der Waals surface area contributed by atoms with E-state index in [4.69, 9.17) is 21.0 Å². The topological polar surface area (TPSA) is 117 Å². The molecular formula is C22H20ClN5O4S. The molecule has 2 aromatic carbocycles. The van der Waals surface area contributed by atoms with Gasteiger partial charge in [0.1, 0.15) is 0 Å². The van der Waals surface area contributed by atoms with Gasteiger partial charge < -0.3 is 4.42 Å². The lowest BCUT2D eigenvalue weighted by Gasteiger charge is -2.16. The molecule has 0 saturated carbocycles. The number of aromatic nitrogens is 4. The highest BCUT2D eigenvalue weighted by atomic mass is 35.5. The van der Waals surface area contributed by atoms with E-state index >= 15 is 0 Å². The zero-order valence-corrected chi connectivity index (χ0v) is 19.6. The molecule has 4 aromatic rings. The minimum Gasteiger partial charge on any atom is -0.419 e. The van der Waals surface area contributed by atoms with Crippen molar-refractivity contribution in [1.82, 2.24) is 19.7 Å². The lowest BCUT2D eigenvalue weighted by atomic mass is 10.2. The van der Waals surface area contributed by atoms with Gasteiger partial charge in [0, 0.05) is 29.3 Å². The zero-order chi connectivity index (χ0) is 23.7. The molecule has 170 valence electrons. The third kappa shape index (κ3) is 4.91. The lowest BCUT2D eigenvalue weighted by Crippen LogP contribution is -2.25. The van der Waals surface area contributed by atoms with Crippen LogP contribution in [-0.2, 0) is 6.54 Å². The van der Waals surface area contributed by atoms with Crippen LogP contribution >= 0.6 is 23.4 Å². The van der Waals surface area contributed by atoms with Crippen LogP contribution in [0.1, 0.15) is 31.9 Å². The number of nitrogens with zero attached hydrogens (tertiary/aromatic N) is 5. The molecule has 0 amide bonds. The molecule has 0 aliphatic rings. The van der Waals surface area contributed by atoms with E-state index in [9.17, 15) is 14.9 Å². The van der Waals surface area contributed by atoms with E-state index in [1.54, 1.807) is 34.9 Å². The first-order chi connectivity index (χ1) is 15.7. The summed E-state index contributed by atoms with van der Waals surface area (Å²) in [7, 11) is 0. The number of hydrogen-bond acceptors (Lipinski definition) is 8. The van der Waals surface area contributed by atoms with Gasteiger partial charge in [-0.1, -0.05) is 37.2 Å². The van der Waals surface area contributed by atoms with E-state index in [1.165, 1.54) is 23.9 Å². The van der Waals surface area contributed by atoms with Gasteiger partial charge in [-0.25, -0.2) is 4.98 Å². The Morgan fingerprint density at radius 1 is 1.15 bits per heavy atom. The van der Waals surface area contributed by atoms with Gasteiger partial charge in [0.2, 0.25) is 11.8 Å². The van der Waals surface area contributed by atoms with Gasteiger partial charge in [-0.2, -0.15) is 0 Å². The molecule has 1 atom stereocenters. The molecule has 33 heavy (non-hydrogen) atoms. The molecule has 9 nitrogen and oxygen atoms in total. The second kappa shape index (κ2) is 9.32. The maximum Gasteiger partial charge on any atom is 0.269 e. The van der Waals surface area contributed by atoms with Crippen molar-refractivity contribution in [3.63, 3.8) is 0 Å². The number of hydrogen-bond donors (Lipinski definition) is 0. The number of fused-ring (bicyclic) bond motifs is 1. The molecule has 0 aliphatic carbocycles. The SMILES string of the molecule is CC(C)Cn1c(SC(C)c2nnc(-c3ccc([N+](=O)[O-])cc3)o2)nc2ccc(Cl)cc2c1=O. The van der Waals surface area contributed by atoms with E-state index in [0.29, 0.717) is 39.1 Å². The van der Waals surface area contributed by atoms with Crippen LogP contribution in [0.3, 0.4) is 0 Å². The first-order valence-electron chi connectivity index (χ1n) is 10.2. The van der Waals surface area contributed by atoms with Crippen molar-refractivity contribution in [2.45, 2.75) is 37.7 Å². The second-order valence-corrected chi connectivity index (χ2v) is 9.62. The van der Waals surface area contributed by atoms with Crippen molar-refractivity contribution >= 4 is 40.0 Å². The largest absolute Gasteiger partial charge is 0.419 e. The fourth-order valence-corrected chi connectivity index (χ4v) is 4.36. The third-order valence-electron chi connectivity index (χ3n) is 4.82. The van der Waals surface area contributed by atoms with Crippen LogP contribution in [0.15, 0.2) is 56.8 Å². The number of halogens is 1. The number of nitro groups is 1. The van der Waals surface area contributed by atoms with Crippen molar-refractivity contribution in [3.8, 4) is 11.5 Å². The number of thioether (sulfide) groups is 1. The van der Waals surface area contributed by atoms with E-state index in [0.717, 1.165) is 0 Å². The first-order valence-corrected chi connectivity index (χ1v) is 11.4. The Bertz CT molecular complexity index is 1380. The van der Waals surface area contributed by atoms with E-state index in [1.807, 2.05) is 20.8 Å². The van der Waals surface area contributed by atoms with E-state index in [-0.39, 0.29) is 28.3 Å². The minimum atomic E-state index is -0.469. The summed E-state index contributed by atoms with van der Waals surface area (Å²) in [6, 6.07) is 10.9. The third-order valence-corrected chi connectivity index (χ3v) is 6.14. The molecule has 2 aromatic heterocycles. The molecule has 0 N–H and O–H groups in total. The number of non-ortho nitro benzene ring substituents is 1. The Balaban J connectivity index is 1.65. The van der Waals surface area contributed by atoms with Crippen molar-refractivity contribution in [3.05, 3.63) is 73.8 Å². The lowest BCUT2D eigenvalue weighted by molar-refractivity contribution is -0.384. The molecule has 0 saturated heterocycles. The highest BCUT2D eigenvalue weighted by molar-refractivity contribution is 7.99. The Labute approximate surface area is 198 Å². The zero-order valence-electron chi connectivity index (χ0n) is 18.1. The number of nitro benzene ring substituents is 1. The van der Waals surface area contributed by atoms with Crippen molar-refractivity contribution in [2.75, 3.05) is 0 Å². The monoisotopic (exact) mass is 485 g/mol. The summed E-state index contributed by atoms with van der Waals surface area (Å²) in [5.74, 6) is 0.843.